The first-order valence-corrected chi connectivity index (χ1v) is 10.0. The fourth-order valence-corrected chi connectivity index (χ4v) is 3.81. The van der Waals surface area contributed by atoms with Gasteiger partial charge in [0.1, 0.15) is 11.5 Å². The predicted molar refractivity (Wildman–Crippen MR) is 110 cm³/mol. The molecule has 1 aliphatic rings. The van der Waals surface area contributed by atoms with Gasteiger partial charge in [0.15, 0.2) is 0 Å². The van der Waals surface area contributed by atoms with Crippen LogP contribution in [0.15, 0.2) is 41.8 Å². The maximum absolute atomic E-state index is 12.5. The average molecular weight is 387 g/mol. The topological polar surface area (TPSA) is 42.0 Å². The lowest BCUT2D eigenvalue weighted by Gasteiger charge is -2.34. The predicted octanol–water partition coefficient (Wildman–Crippen LogP) is 3.17. The molecule has 6 heteroatoms. The third-order valence-electron chi connectivity index (χ3n) is 4.73. The third kappa shape index (κ3) is 5.58. The number of amides is 1. The first kappa shape index (κ1) is 19.5. The first-order valence-electron chi connectivity index (χ1n) is 9.13. The van der Waals surface area contributed by atoms with E-state index in [0.29, 0.717) is 11.5 Å². The highest BCUT2D eigenvalue weighted by atomic mass is 32.1. The summed E-state index contributed by atoms with van der Waals surface area (Å²) in [6.07, 6.45) is 4.54. The Morgan fingerprint density at radius 2 is 1.81 bits per heavy atom. The molecule has 27 heavy (non-hydrogen) atoms. The monoisotopic (exact) mass is 386 g/mol. The minimum absolute atomic E-state index is 0.0506. The van der Waals surface area contributed by atoms with E-state index in [1.807, 2.05) is 40.5 Å². The molecule has 1 fully saturated rings. The Bertz CT molecular complexity index is 743. The fraction of sp³-hybridized carbons (Fsp3) is 0.381. The van der Waals surface area contributed by atoms with Gasteiger partial charge < -0.3 is 14.4 Å². The second-order valence-corrected chi connectivity index (χ2v) is 7.51. The molecule has 0 atom stereocenters. The number of methoxy groups -OCH3 is 2. The molecule has 3 rings (SSSR count). The van der Waals surface area contributed by atoms with E-state index >= 15 is 0 Å². The quantitative estimate of drug-likeness (QED) is 0.686. The number of ether oxygens (including phenoxy) is 2. The van der Waals surface area contributed by atoms with E-state index in [4.69, 9.17) is 9.47 Å². The van der Waals surface area contributed by atoms with Crippen molar-refractivity contribution < 1.29 is 14.3 Å². The number of nitrogens with zero attached hydrogens (tertiary/aromatic N) is 2. The molecule has 2 heterocycles. The van der Waals surface area contributed by atoms with Gasteiger partial charge >= 0.3 is 0 Å². The Kier molecular flexibility index (Phi) is 6.90. The van der Waals surface area contributed by atoms with Crippen LogP contribution in [-0.4, -0.2) is 62.7 Å². The van der Waals surface area contributed by atoms with E-state index in [1.165, 1.54) is 4.88 Å². The summed E-state index contributed by atoms with van der Waals surface area (Å²) >= 11 is 1.81. The van der Waals surface area contributed by atoms with Crippen LogP contribution in [0.5, 0.6) is 11.5 Å². The molecule has 0 unspecified atom stereocenters. The fourth-order valence-electron chi connectivity index (χ4n) is 3.11. The SMILES string of the molecule is COc1cc(/C=C/C(=O)N2CCN(CCc3cccs3)CC2)cc(OC)c1. The van der Waals surface area contributed by atoms with Gasteiger partial charge in [-0.3, -0.25) is 9.69 Å². The van der Waals surface area contributed by atoms with Gasteiger partial charge in [-0.2, -0.15) is 0 Å². The van der Waals surface area contributed by atoms with Crippen molar-refractivity contribution >= 4 is 23.3 Å². The summed E-state index contributed by atoms with van der Waals surface area (Å²) in [5, 5.41) is 2.12. The molecule has 144 valence electrons. The number of piperazine rings is 1. The molecule has 1 aliphatic heterocycles. The van der Waals surface area contributed by atoms with Gasteiger partial charge in [0.25, 0.3) is 0 Å². The van der Waals surface area contributed by atoms with E-state index < -0.39 is 0 Å². The van der Waals surface area contributed by atoms with Crippen LogP contribution in [-0.2, 0) is 11.2 Å². The van der Waals surface area contributed by atoms with Crippen molar-refractivity contribution in [2.24, 2.45) is 0 Å². The first-order chi connectivity index (χ1) is 13.2. The van der Waals surface area contributed by atoms with Gasteiger partial charge in [0, 0.05) is 49.7 Å². The second kappa shape index (κ2) is 9.58. The molecule has 1 saturated heterocycles. The van der Waals surface area contributed by atoms with Crippen LogP contribution in [0.2, 0.25) is 0 Å². The van der Waals surface area contributed by atoms with Crippen LogP contribution >= 0.6 is 11.3 Å². The summed E-state index contributed by atoms with van der Waals surface area (Å²) in [6.45, 7) is 4.46. The molecule has 0 spiro atoms. The minimum Gasteiger partial charge on any atom is -0.497 e. The average Bonchev–Trinajstić information content (AvgIpc) is 3.24. The molecule has 0 N–H and O–H groups in total. The van der Waals surface area contributed by atoms with Gasteiger partial charge in [0.05, 0.1) is 14.2 Å². The lowest BCUT2D eigenvalue weighted by Crippen LogP contribution is -2.48. The van der Waals surface area contributed by atoms with Gasteiger partial charge in [-0.25, -0.2) is 0 Å². The summed E-state index contributed by atoms with van der Waals surface area (Å²) in [7, 11) is 3.23. The summed E-state index contributed by atoms with van der Waals surface area (Å²) in [6, 6.07) is 9.86. The zero-order valence-electron chi connectivity index (χ0n) is 15.9. The smallest absolute Gasteiger partial charge is 0.246 e. The Labute approximate surface area is 164 Å². The Morgan fingerprint density at radius 1 is 1.11 bits per heavy atom. The third-order valence-corrected chi connectivity index (χ3v) is 5.67. The molecule has 5 nitrogen and oxygen atoms in total. The molecule has 1 aromatic heterocycles. The highest BCUT2D eigenvalue weighted by Crippen LogP contribution is 2.23. The number of thiophene rings is 1. The highest BCUT2D eigenvalue weighted by Gasteiger charge is 2.19. The van der Waals surface area contributed by atoms with E-state index in [1.54, 1.807) is 20.3 Å². The lowest BCUT2D eigenvalue weighted by atomic mass is 10.1. The van der Waals surface area contributed by atoms with Crippen molar-refractivity contribution in [3.8, 4) is 11.5 Å². The lowest BCUT2D eigenvalue weighted by molar-refractivity contribution is -0.127. The maximum Gasteiger partial charge on any atom is 0.246 e. The summed E-state index contributed by atoms with van der Waals surface area (Å²) in [5.74, 6) is 1.47. The number of carbonyl (C=O) groups is 1. The molecule has 0 aliphatic carbocycles. The van der Waals surface area contributed by atoms with Gasteiger partial charge in [-0.1, -0.05) is 6.07 Å². The number of rotatable bonds is 7. The molecule has 0 radical (unpaired) electrons. The maximum atomic E-state index is 12.5. The second-order valence-electron chi connectivity index (χ2n) is 6.48. The van der Waals surface area contributed by atoms with Crippen molar-refractivity contribution in [3.63, 3.8) is 0 Å². The zero-order valence-corrected chi connectivity index (χ0v) is 16.7. The van der Waals surface area contributed by atoms with E-state index in [0.717, 1.165) is 44.7 Å². The summed E-state index contributed by atoms with van der Waals surface area (Å²) in [4.78, 5) is 18.3. The Morgan fingerprint density at radius 3 is 2.41 bits per heavy atom. The highest BCUT2D eigenvalue weighted by molar-refractivity contribution is 7.09. The normalized spacial score (nSPS) is 15.3. The Balaban J connectivity index is 1.49. The standard InChI is InChI=1S/C21H26N2O3S/c1-25-18-14-17(15-19(16-18)26-2)5-6-21(24)23-11-9-22(10-12-23)8-7-20-4-3-13-27-20/h3-6,13-16H,7-12H2,1-2H3/b6-5+. The molecule has 0 bridgehead atoms. The number of hydrogen-bond acceptors (Lipinski definition) is 5. The molecule has 1 amide bonds. The van der Waals surface area contributed by atoms with Crippen LogP contribution in [0.4, 0.5) is 0 Å². The summed E-state index contributed by atoms with van der Waals surface area (Å²) < 4.78 is 10.5. The minimum atomic E-state index is 0.0506. The molecule has 1 aromatic carbocycles. The van der Waals surface area contributed by atoms with Crippen molar-refractivity contribution in [3.05, 3.63) is 52.2 Å². The molecule has 0 saturated carbocycles. The number of benzene rings is 1. The van der Waals surface area contributed by atoms with Crippen molar-refractivity contribution in [2.45, 2.75) is 6.42 Å². The number of carbonyl (C=O) groups excluding carboxylic acids is 1. The van der Waals surface area contributed by atoms with Crippen molar-refractivity contribution in [1.29, 1.82) is 0 Å². The summed E-state index contributed by atoms with van der Waals surface area (Å²) in [5.41, 5.74) is 0.883. The van der Waals surface area contributed by atoms with Gasteiger partial charge in [-0.15, -0.1) is 11.3 Å². The van der Waals surface area contributed by atoms with Crippen molar-refractivity contribution in [1.82, 2.24) is 9.80 Å². The molecular weight excluding hydrogens is 360 g/mol. The Hall–Kier alpha value is -2.31. The van der Waals surface area contributed by atoms with E-state index in [2.05, 4.69) is 22.4 Å². The van der Waals surface area contributed by atoms with Crippen LogP contribution in [0.25, 0.3) is 6.08 Å². The van der Waals surface area contributed by atoms with Crippen LogP contribution in [0.1, 0.15) is 10.4 Å². The molecule has 2 aromatic rings. The van der Waals surface area contributed by atoms with Crippen molar-refractivity contribution in [2.75, 3.05) is 46.9 Å². The zero-order chi connectivity index (χ0) is 19.1. The molecular formula is C21H26N2O3S. The van der Waals surface area contributed by atoms with Crippen LogP contribution in [0, 0.1) is 0 Å². The van der Waals surface area contributed by atoms with Crippen LogP contribution in [0.3, 0.4) is 0 Å². The van der Waals surface area contributed by atoms with Gasteiger partial charge in [0.2, 0.25) is 5.91 Å². The van der Waals surface area contributed by atoms with Crippen LogP contribution < -0.4 is 9.47 Å². The van der Waals surface area contributed by atoms with Gasteiger partial charge in [-0.05, 0) is 41.6 Å². The largest absolute Gasteiger partial charge is 0.497 e. The van der Waals surface area contributed by atoms with E-state index in [-0.39, 0.29) is 5.91 Å². The van der Waals surface area contributed by atoms with E-state index in [9.17, 15) is 4.79 Å². The number of hydrogen-bond donors (Lipinski definition) is 0.